The highest BCUT2D eigenvalue weighted by Crippen LogP contribution is 2.17. The maximum Gasteiger partial charge on any atom is 0.131 e. The lowest BCUT2D eigenvalue weighted by Gasteiger charge is -2.04. The van der Waals surface area contributed by atoms with E-state index in [-0.39, 0.29) is 0 Å². The van der Waals surface area contributed by atoms with E-state index in [0.29, 0.717) is 5.15 Å². The number of aryl methyl sites for hydroxylation is 2. The van der Waals surface area contributed by atoms with Gasteiger partial charge in [0.1, 0.15) is 5.15 Å². The van der Waals surface area contributed by atoms with Crippen LogP contribution in [0.4, 0.5) is 0 Å². The van der Waals surface area contributed by atoms with Gasteiger partial charge in [-0.3, -0.25) is 9.67 Å². The Morgan fingerprint density at radius 2 is 2.28 bits per heavy atom. The van der Waals surface area contributed by atoms with Gasteiger partial charge in [-0.25, -0.2) is 0 Å². The zero-order valence-electron chi connectivity index (χ0n) is 10.7. The normalized spacial score (nSPS) is 10.8. The van der Waals surface area contributed by atoms with Crippen molar-refractivity contribution in [2.45, 2.75) is 19.9 Å². The number of rotatable bonds is 5. The molecule has 5 heteroatoms. The first-order valence-corrected chi connectivity index (χ1v) is 6.34. The fourth-order valence-electron chi connectivity index (χ4n) is 1.87. The van der Waals surface area contributed by atoms with Gasteiger partial charge in [0, 0.05) is 31.5 Å². The third-order valence-electron chi connectivity index (χ3n) is 2.88. The van der Waals surface area contributed by atoms with Crippen LogP contribution < -0.4 is 5.32 Å². The van der Waals surface area contributed by atoms with Crippen LogP contribution in [0.3, 0.4) is 0 Å². The second kappa shape index (κ2) is 5.98. The van der Waals surface area contributed by atoms with Crippen molar-refractivity contribution < 1.29 is 0 Å². The Morgan fingerprint density at radius 1 is 1.44 bits per heavy atom. The molecule has 96 valence electrons. The molecule has 0 aliphatic carbocycles. The molecule has 0 unspecified atom stereocenters. The van der Waals surface area contributed by atoms with E-state index >= 15 is 0 Å². The number of aromatic nitrogens is 3. The van der Waals surface area contributed by atoms with Crippen molar-refractivity contribution >= 4 is 11.6 Å². The molecule has 0 saturated carbocycles. The van der Waals surface area contributed by atoms with E-state index < -0.39 is 0 Å². The molecule has 0 spiro atoms. The Balaban J connectivity index is 1.82. The van der Waals surface area contributed by atoms with Gasteiger partial charge < -0.3 is 5.32 Å². The molecule has 1 N–H and O–H groups in total. The van der Waals surface area contributed by atoms with Gasteiger partial charge in [-0.2, -0.15) is 5.10 Å². The van der Waals surface area contributed by atoms with Crippen LogP contribution >= 0.6 is 11.6 Å². The Morgan fingerprint density at radius 3 is 2.89 bits per heavy atom. The largest absolute Gasteiger partial charge is 0.312 e. The van der Waals surface area contributed by atoms with Crippen molar-refractivity contribution in [1.29, 1.82) is 0 Å². The van der Waals surface area contributed by atoms with Crippen LogP contribution in [0.1, 0.15) is 16.8 Å². The van der Waals surface area contributed by atoms with Crippen LogP contribution in [-0.4, -0.2) is 21.3 Å². The molecule has 0 bridgehead atoms. The highest BCUT2D eigenvalue weighted by molar-refractivity contribution is 6.30. The lowest BCUT2D eigenvalue weighted by molar-refractivity contribution is 0.683. The summed E-state index contributed by atoms with van der Waals surface area (Å²) in [6, 6.07) is 4.04. The summed E-state index contributed by atoms with van der Waals surface area (Å²) < 4.78 is 1.70. The van der Waals surface area contributed by atoms with E-state index in [1.54, 1.807) is 10.9 Å². The molecule has 0 saturated heterocycles. The minimum absolute atomic E-state index is 0.710. The maximum absolute atomic E-state index is 6.16. The first-order valence-electron chi connectivity index (χ1n) is 5.96. The number of halogens is 1. The predicted octanol–water partition coefficient (Wildman–Crippen LogP) is 2.11. The molecular formula is C13H17ClN4. The summed E-state index contributed by atoms with van der Waals surface area (Å²) >= 11 is 6.16. The van der Waals surface area contributed by atoms with Crippen molar-refractivity contribution in [3.8, 4) is 0 Å². The summed E-state index contributed by atoms with van der Waals surface area (Å²) in [5.41, 5.74) is 3.29. The van der Waals surface area contributed by atoms with Gasteiger partial charge >= 0.3 is 0 Å². The average Bonchev–Trinajstić information content (AvgIpc) is 2.61. The summed E-state index contributed by atoms with van der Waals surface area (Å²) in [5, 5.41) is 8.37. The molecule has 4 nitrogen and oxygen atoms in total. The number of nitrogens with one attached hydrogen (secondary N) is 1. The van der Waals surface area contributed by atoms with Crippen molar-refractivity contribution in [3.63, 3.8) is 0 Å². The first-order chi connectivity index (χ1) is 8.68. The third-order valence-corrected chi connectivity index (χ3v) is 3.36. The van der Waals surface area contributed by atoms with Crippen LogP contribution in [0, 0.1) is 6.92 Å². The Bertz CT molecular complexity index is 507. The molecule has 2 aromatic rings. The van der Waals surface area contributed by atoms with Crippen LogP contribution in [0.25, 0.3) is 0 Å². The molecule has 0 aliphatic heterocycles. The van der Waals surface area contributed by atoms with Gasteiger partial charge in [-0.05, 0) is 31.5 Å². The van der Waals surface area contributed by atoms with E-state index in [4.69, 9.17) is 11.6 Å². The summed E-state index contributed by atoms with van der Waals surface area (Å²) in [7, 11) is 1.86. The zero-order valence-corrected chi connectivity index (χ0v) is 11.4. The number of nitrogens with zero attached hydrogens (tertiary/aromatic N) is 3. The summed E-state index contributed by atoms with van der Waals surface area (Å²) in [5.74, 6) is 0. The molecular weight excluding hydrogens is 248 g/mol. The van der Waals surface area contributed by atoms with Crippen molar-refractivity contribution in [2.75, 3.05) is 6.54 Å². The standard InChI is InChI=1S/C13H17ClN4/c1-10-12(13(14)18(2)17-10)9-16-7-5-11-4-3-6-15-8-11/h3-4,6,8,16H,5,7,9H2,1-2H3. The Kier molecular flexibility index (Phi) is 4.33. The second-order valence-corrected chi connectivity index (χ2v) is 4.62. The molecule has 0 fully saturated rings. The van der Waals surface area contributed by atoms with Crippen LogP contribution in [-0.2, 0) is 20.0 Å². The molecule has 2 heterocycles. The molecule has 0 aromatic carbocycles. The van der Waals surface area contributed by atoms with Crippen LogP contribution in [0.5, 0.6) is 0 Å². The topological polar surface area (TPSA) is 42.7 Å². The predicted molar refractivity (Wildman–Crippen MR) is 72.6 cm³/mol. The van der Waals surface area contributed by atoms with E-state index in [0.717, 1.165) is 30.8 Å². The van der Waals surface area contributed by atoms with Gasteiger partial charge in [0.05, 0.1) is 5.69 Å². The molecule has 2 aromatic heterocycles. The summed E-state index contributed by atoms with van der Waals surface area (Å²) in [6.07, 6.45) is 4.64. The van der Waals surface area contributed by atoms with Crippen molar-refractivity contribution in [2.24, 2.45) is 7.05 Å². The smallest absolute Gasteiger partial charge is 0.131 e. The molecule has 0 aliphatic rings. The Hall–Kier alpha value is -1.39. The SMILES string of the molecule is Cc1nn(C)c(Cl)c1CNCCc1cccnc1. The fourth-order valence-corrected chi connectivity index (χ4v) is 2.11. The van der Waals surface area contributed by atoms with Crippen molar-refractivity contribution in [1.82, 2.24) is 20.1 Å². The maximum atomic E-state index is 6.16. The molecule has 18 heavy (non-hydrogen) atoms. The minimum atomic E-state index is 0.710. The highest BCUT2D eigenvalue weighted by Gasteiger charge is 2.09. The zero-order chi connectivity index (χ0) is 13.0. The lowest BCUT2D eigenvalue weighted by Crippen LogP contribution is -2.17. The minimum Gasteiger partial charge on any atom is -0.312 e. The van der Waals surface area contributed by atoms with Crippen LogP contribution in [0.2, 0.25) is 5.15 Å². The monoisotopic (exact) mass is 264 g/mol. The second-order valence-electron chi connectivity index (χ2n) is 4.27. The van der Waals surface area contributed by atoms with Gasteiger partial charge in [0.25, 0.3) is 0 Å². The van der Waals surface area contributed by atoms with E-state index in [1.165, 1.54) is 5.56 Å². The summed E-state index contributed by atoms with van der Waals surface area (Å²) in [4.78, 5) is 4.09. The molecule has 2 rings (SSSR count). The lowest BCUT2D eigenvalue weighted by atomic mass is 10.2. The number of hydrogen-bond acceptors (Lipinski definition) is 3. The highest BCUT2D eigenvalue weighted by atomic mass is 35.5. The van der Waals surface area contributed by atoms with Gasteiger partial charge in [-0.1, -0.05) is 17.7 Å². The first kappa shape index (κ1) is 13.1. The Labute approximate surface area is 112 Å². The molecule has 0 amide bonds. The van der Waals surface area contributed by atoms with Gasteiger partial charge in [0.2, 0.25) is 0 Å². The number of hydrogen-bond donors (Lipinski definition) is 1. The fraction of sp³-hybridized carbons (Fsp3) is 0.385. The van der Waals surface area contributed by atoms with E-state index in [1.807, 2.05) is 26.2 Å². The molecule has 0 atom stereocenters. The van der Waals surface area contributed by atoms with Crippen LogP contribution in [0.15, 0.2) is 24.5 Å². The van der Waals surface area contributed by atoms with E-state index in [2.05, 4.69) is 21.5 Å². The van der Waals surface area contributed by atoms with E-state index in [9.17, 15) is 0 Å². The van der Waals surface area contributed by atoms with Crippen molar-refractivity contribution in [3.05, 3.63) is 46.5 Å². The quantitative estimate of drug-likeness (QED) is 0.841. The average molecular weight is 265 g/mol. The van der Waals surface area contributed by atoms with Gasteiger partial charge in [0.15, 0.2) is 0 Å². The number of pyridine rings is 1. The molecule has 0 radical (unpaired) electrons. The summed E-state index contributed by atoms with van der Waals surface area (Å²) in [6.45, 7) is 3.62. The third kappa shape index (κ3) is 3.09. The van der Waals surface area contributed by atoms with Gasteiger partial charge in [-0.15, -0.1) is 0 Å².